The van der Waals surface area contributed by atoms with Crippen LogP contribution in [-0.2, 0) is 12.0 Å². The van der Waals surface area contributed by atoms with Crippen LogP contribution in [0.3, 0.4) is 0 Å². The van der Waals surface area contributed by atoms with Gasteiger partial charge in [0.25, 0.3) is 0 Å². The van der Waals surface area contributed by atoms with E-state index in [0.717, 1.165) is 30.8 Å². The maximum atomic E-state index is 9.15. The van der Waals surface area contributed by atoms with Gasteiger partial charge in [0.05, 0.1) is 13.2 Å². The summed E-state index contributed by atoms with van der Waals surface area (Å²) in [7, 11) is 1.72. The number of piperidine rings is 1. The van der Waals surface area contributed by atoms with E-state index in [4.69, 9.17) is 10.00 Å². The number of hydrogen-bond acceptors (Lipinski definition) is 4. The van der Waals surface area contributed by atoms with Crippen LogP contribution in [0, 0.1) is 11.3 Å². The topological polar surface area (TPSA) is 57.1 Å². The summed E-state index contributed by atoms with van der Waals surface area (Å²) in [5.74, 6) is 0.893. The Balaban J connectivity index is 1.78. The molecular formula is C24H31N3O. The van der Waals surface area contributed by atoms with Gasteiger partial charge in [0.2, 0.25) is 0 Å². The van der Waals surface area contributed by atoms with Crippen LogP contribution >= 0.6 is 0 Å². The molecule has 0 amide bonds. The first-order valence-corrected chi connectivity index (χ1v) is 10.1. The van der Waals surface area contributed by atoms with Gasteiger partial charge < -0.3 is 15.4 Å². The summed E-state index contributed by atoms with van der Waals surface area (Å²) >= 11 is 0. The zero-order chi connectivity index (χ0) is 20.0. The average Bonchev–Trinajstić information content (AvgIpc) is 2.73. The highest BCUT2D eigenvalue weighted by molar-refractivity contribution is 5.40. The Bertz CT molecular complexity index is 810. The van der Waals surface area contributed by atoms with Crippen LogP contribution < -0.4 is 15.4 Å². The first kappa shape index (κ1) is 20.4. The highest BCUT2D eigenvalue weighted by Crippen LogP contribution is 2.31. The quantitative estimate of drug-likeness (QED) is 0.747. The monoisotopic (exact) mass is 377 g/mol. The summed E-state index contributed by atoms with van der Waals surface area (Å²) in [5, 5.41) is 16.6. The van der Waals surface area contributed by atoms with Crippen LogP contribution in [0.1, 0.15) is 55.8 Å². The molecule has 0 unspecified atom stereocenters. The zero-order valence-corrected chi connectivity index (χ0v) is 17.2. The second-order valence-corrected chi connectivity index (χ2v) is 8.22. The molecule has 1 aliphatic rings. The number of nitrogens with one attached hydrogen (secondary N) is 2. The lowest BCUT2D eigenvalue weighted by atomic mass is 9.81. The van der Waals surface area contributed by atoms with E-state index in [-0.39, 0.29) is 5.41 Å². The van der Waals surface area contributed by atoms with Crippen molar-refractivity contribution >= 4 is 0 Å². The van der Waals surface area contributed by atoms with E-state index >= 15 is 0 Å². The van der Waals surface area contributed by atoms with Gasteiger partial charge in [-0.2, -0.15) is 5.26 Å². The van der Waals surface area contributed by atoms with Crippen molar-refractivity contribution in [3.63, 3.8) is 0 Å². The molecule has 3 rings (SSSR count). The van der Waals surface area contributed by atoms with Crippen molar-refractivity contribution in [2.45, 2.75) is 57.2 Å². The van der Waals surface area contributed by atoms with E-state index in [2.05, 4.69) is 73.0 Å². The standard InChI is InChI=1S/C24H31N3O/c1-24(2,13-14-25)20-11-12-22(28-3)19(16-20)17-27-21-10-7-15-26-23(21)18-8-5-4-6-9-18/h4-6,8-9,11-12,16,21,23,26-27H,7,10,13,15,17H2,1-3H3/t21-,23-/m0/s1. The van der Waals surface area contributed by atoms with Gasteiger partial charge in [-0.3, -0.25) is 0 Å². The van der Waals surface area contributed by atoms with Crippen molar-refractivity contribution < 1.29 is 4.74 Å². The molecular weight excluding hydrogens is 346 g/mol. The van der Waals surface area contributed by atoms with Gasteiger partial charge >= 0.3 is 0 Å². The van der Waals surface area contributed by atoms with Crippen molar-refractivity contribution in [1.29, 1.82) is 5.26 Å². The Kier molecular flexibility index (Phi) is 6.72. The van der Waals surface area contributed by atoms with Gasteiger partial charge in [-0.15, -0.1) is 0 Å². The Morgan fingerprint density at radius 1 is 1.21 bits per heavy atom. The molecule has 2 aromatic rings. The van der Waals surface area contributed by atoms with Gasteiger partial charge in [-0.05, 0) is 36.6 Å². The van der Waals surface area contributed by atoms with Crippen molar-refractivity contribution in [2.24, 2.45) is 0 Å². The highest BCUT2D eigenvalue weighted by Gasteiger charge is 2.26. The molecule has 1 fully saturated rings. The van der Waals surface area contributed by atoms with E-state index in [0.29, 0.717) is 18.5 Å². The van der Waals surface area contributed by atoms with E-state index in [9.17, 15) is 0 Å². The molecule has 4 nitrogen and oxygen atoms in total. The van der Waals surface area contributed by atoms with Crippen molar-refractivity contribution in [2.75, 3.05) is 13.7 Å². The molecule has 0 radical (unpaired) electrons. The summed E-state index contributed by atoms with van der Waals surface area (Å²) in [6, 6.07) is 20.0. The third kappa shape index (κ3) is 4.73. The smallest absolute Gasteiger partial charge is 0.123 e. The van der Waals surface area contributed by atoms with Gasteiger partial charge in [0, 0.05) is 36.0 Å². The summed E-state index contributed by atoms with van der Waals surface area (Å²) in [6.45, 7) is 6.03. The molecule has 1 saturated heterocycles. The molecule has 0 saturated carbocycles. The Morgan fingerprint density at radius 3 is 2.71 bits per heavy atom. The van der Waals surface area contributed by atoms with Crippen molar-refractivity contribution in [3.05, 3.63) is 65.2 Å². The lowest BCUT2D eigenvalue weighted by Gasteiger charge is -2.34. The highest BCUT2D eigenvalue weighted by atomic mass is 16.5. The molecule has 0 spiro atoms. The van der Waals surface area contributed by atoms with Gasteiger partial charge in [0.15, 0.2) is 0 Å². The number of ether oxygens (including phenoxy) is 1. The Morgan fingerprint density at radius 2 is 2.00 bits per heavy atom. The van der Waals surface area contributed by atoms with Crippen LogP contribution in [0.15, 0.2) is 48.5 Å². The van der Waals surface area contributed by atoms with Gasteiger partial charge in [-0.1, -0.05) is 56.3 Å². The number of nitrogens with zero attached hydrogens (tertiary/aromatic N) is 1. The fourth-order valence-electron chi connectivity index (χ4n) is 4.00. The van der Waals surface area contributed by atoms with E-state index < -0.39 is 0 Å². The van der Waals surface area contributed by atoms with E-state index in [1.165, 1.54) is 17.5 Å². The largest absolute Gasteiger partial charge is 0.496 e. The number of methoxy groups -OCH3 is 1. The van der Waals surface area contributed by atoms with Crippen LogP contribution in [-0.4, -0.2) is 19.7 Å². The molecule has 1 heterocycles. The molecule has 28 heavy (non-hydrogen) atoms. The summed E-state index contributed by atoms with van der Waals surface area (Å²) in [4.78, 5) is 0. The molecule has 1 aliphatic heterocycles. The Hall–Kier alpha value is -2.35. The minimum absolute atomic E-state index is 0.172. The Labute approximate surface area is 168 Å². The number of rotatable bonds is 7. The van der Waals surface area contributed by atoms with Crippen molar-refractivity contribution in [1.82, 2.24) is 10.6 Å². The predicted octanol–water partition coefficient (Wildman–Crippen LogP) is 4.47. The fourth-order valence-corrected chi connectivity index (χ4v) is 4.00. The number of hydrogen-bond donors (Lipinski definition) is 2. The maximum absolute atomic E-state index is 9.15. The minimum atomic E-state index is -0.172. The second kappa shape index (κ2) is 9.23. The summed E-state index contributed by atoms with van der Waals surface area (Å²) in [6.07, 6.45) is 2.82. The number of nitriles is 1. The molecule has 148 valence electrons. The predicted molar refractivity (Wildman–Crippen MR) is 113 cm³/mol. The first-order valence-electron chi connectivity index (χ1n) is 10.1. The first-order chi connectivity index (χ1) is 13.5. The molecule has 2 atom stereocenters. The van der Waals surface area contributed by atoms with E-state index in [1.54, 1.807) is 7.11 Å². The minimum Gasteiger partial charge on any atom is -0.496 e. The normalized spacial score (nSPS) is 19.8. The number of benzene rings is 2. The van der Waals surface area contributed by atoms with Crippen LogP contribution in [0.25, 0.3) is 0 Å². The van der Waals surface area contributed by atoms with Gasteiger partial charge in [-0.25, -0.2) is 0 Å². The van der Waals surface area contributed by atoms with Crippen molar-refractivity contribution in [3.8, 4) is 11.8 Å². The molecule has 4 heteroatoms. The third-order valence-corrected chi connectivity index (χ3v) is 5.75. The SMILES string of the molecule is COc1ccc(C(C)(C)CC#N)cc1CN[C@H]1CCCN[C@H]1c1ccccc1. The van der Waals surface area contributed by atoms with Crippen LogP contribution in [0.4, 0.5) is 0 Å². The molecule has 0 bridgehead atoms. The molecule has 0 aliphatic carbocycles. The average molecular weight is 378 g/mol. The second-order valence-electron chi connectivity index (χ2n) is 8.22. The lowest BCUT2D eigenvalue weighted by Crippen LogP contribution is -2.45. The van der Waals surface area contributed by atoms with E-state index in [1.807, 2.05) is 6.07 Å². The van der Waals surface area contributed by atoms with Gasteiger partial charge in [0.1, 0.15) is 5.75 Å². The lowest BCUT2D eigenvalue weighted by molar-refractivity contribution is 0.302. The third-order valence-electron chi connectivity index (χ3n) is 5.75. The molecule has 0 aromatic heterocycles. The molecule has 2 aromatic carbocycles. The maximum Gasteiger partial charge on any atom is 0.123 e. The van der Waals surface area contributed by atoms with Crippen LogP contribution in [0.5, 0.6) is 5.75 Å². The van der Waals surface area contributed by atoms with Crippen LogP contribution in [0.2, 0.25) is 0 Å². The molecule has 2 N–H and O–H groups in total. The summed E-state index contributed by atoms with van der Waals surface area (Å²) < 4.78 is 5.60. The zero-order valence-electron chi connectivity index (χ0n) is 17.2. The fraction of sp³-hybridized carbons (Fsp3) is 0.458. The summed E-state index contributed by atoms with van der Waals surface area (Å²) in [5.41, 5.74) is 3.47.